The number of halogens is 1. The van der Waals surface area contributed by atoms with Crippen LogP contribution >= 0.6 is 15.9 Å². The molecule has 0 aromatic heterocycles. The van der Waals surface area contributed by atoms with Crippen molar-refractivity contribution in [2.24, 2.45) is 0 Å². The molecule has 2 nitrogen and oxygen atoms in total. The first-order valence-electron chi connectivity index (χ1n) is 6.19. The fraction of sp³-hybridized carbons (Fsp3) is 0.571. The van der Waals surface area contributed by atoms with Gasteiger partial charge in [0.15, 0.2) is 0 Å². The van der Waals surface area contributed by atoms with Gasteiger partial charge in [-0.25, -0.2) is 0 Å². The Balaban J connectivity index is 3.09. The number of rotatable bonds is 4. The molecule has 0 unspecified atom stereocenters. The molecule has 0 atom stereocenters. The van der Waals surface area contributed by atoms with E-state index in [4.69, 9.17) is 4.43 Å². The van der Waals surface area contributed by atoms with Crippen molar-refractivity contribution in [3.8, 4) is 5.75 Å². The van der Waals surface area contributed by atoms with E-state index in [-0.39, 0.29) is 11.6 Å². The van der Waals surface area contributed by atoms with Crippen molar-refractivity contribution < 1.29 is 9.53 Å². The lowest BCUT2D eigenvalue weighted by Crippen LogP contribution is -2.44. The highest BCUT2D eigenvalue weighted by Crippen LogP contribution is 2.38. The standard InChI is InChI=1S/C14H23BrO2Si/c1-14(2,3)18(4,5)17-13-8-11(10-16)6-7-12(13)9-15/h6-8,16H,9-10H2,1-5H3. The molecule has 0 aliphatic carbocycles. The predicted molar refractivity (Wildman–Crippen MR) is 82.8 cm³/mol. The number of aliphatic hydroxyl groups is 1. The third-order valence-corrected chi connectivity index (χ3v) is 8.58. The van der Waals surface area contributed by atoms with Crippen molar-refractivity contribution in [2.45, 2.75) is 50.8 Å². The second kappa shape index (κ2) is 5.76. The maximum absolute atomic E-state index is 9.23. The van der Waals surface area contributed by atoms with Gasteiger partial charge in [-0.3, -0.25) is 0 Å². The predicted octanol–water partition coefficient (Wildman–Crippen LogP) is 4.46. The molecule has 0 fully saturated rings. The van der Waals surface area contributed by atoms with Gasteiger partial charge in [0.25, 0.3) is 0 Å². The van der Waals surface area contributed by atoms with Crippen molar-refractivity contribution in [2.75, 3.05) is 0 Å². The Bertz CT molecular complexity index is 411. The Labute approximate surface area is 120 Å². The van der Waals surface area contributed by atoms with Crippen LogP contribution in [0.15, 0.2) is 18.2 Å². The van der Waals surface area contributed by atoms with Crippen LogP contribution in [0, 0.1) is 0 Å². The number of benzene rings is 1. The molecule has 1 aromatic carbocycles. The van der Waals surface area contributed by atoms with Gasteiger partial charge >= 0.3 is 0 Å². The number of aliphatic hydroxyl groups excluding tert-OH is 1. The molecular formula is C14H23BrO2Si. The van der Waals surface area contributed by atoms with Crippen LogP contribution in [0.1, 0.15) is 31.9 Å². The second-order valence-corrected chi connectivity index (χ2v) is 11.4. The van der Waals surface area contributed by atoms with Gasteiger partial charge in [0.2, 0.25) is 8.32 Å². The Morgan fingerprint density at radius 1 is 1.28 bits per heavy atom. The third kappa shape index (κ3) is 3.59. The summed E-state index contributed by atoms with van der Waals surface area (Å²) in [6, 6.07) is 5.91. The molecule has 0 saturated heterocycles. The monoisotopic (exact) mass is 330 g/mol. The van der Waals surface area contributed by atoms with E-state index in [1.54, 1.807) is 0 Å². The lowest BCUT2D eigenvalue weighted by Gasteiger charge is -2.37. The summed E-state index contributed by atoms with van der Waals surface area (Å²) in [7, 11) is -1.83. The summed E-state index contributed by atoms with van der Waals surface area (Å²) in [5, 5.41) is 10.2. The summed E-state index contributed by atoms with van der Waals surface area (Å²) in [5.41, 5.74) is 2.03. The highest BCUT2D eigenvalue weighted by atomic mass is 79.9. The zero-order valence-corrected chi connectivity index (χ0v) is 14.5. The fourth-order valence-corrected chi connectivity index (χ4v) is 2.84. The molecule has 4 heteroatoms. The van der Waals surface area contributed by atoms with E-state index in [9.17, 15) is 5.11 Å². The molecular weight excluding hydrogens is 308 g/mol. The highest BCUT2D eigenvalue weighted by Gasteiger charge is 2.39. The molecule has 1 N–H and O–H groups in total. The molecule has 1 aromatic rings. The Kier molecular flexibility index (Phi) is 5.03. The maximum Gasteiger partial charge on any atom is 0.250 e. The van der Waals surface area contributed by atoms with E-state index in [1.807, 2.05) is 18.2 Å². The topological polar surface area (TPSA) is 29.5 Å². The summed E-state index contributed by atoms with van der Waals surface area (Å²) in [6.07, 6.45) is 0. The molecule has 18 heavy (non-hydrogen) atoms. The van der Waals surface area contributed by atoms with Crippen molar-refractivity contribution in [1.29, 1.82) is 0 Å². The molecule has 0 heterocycles. The van der Waals surface area contributed by atoms with Crippen molar-refractivity contribution >= 4 is 24.2 Å². The first-order valence-corrected chi connectivity index (χ1v) is 10.2. The van der Waals surface area contributed by atoms with Gasteiger partial charge in [-0.05, 0) is 29.8 Å². The lowest BCUT2D eigenvalue weighted by atomic mass is 10.1. The van der Waals surface area contributed by atoms with Crippen molar-refractivity contribution in [3.05, 3.63) is 29.3 Å². The van der Waals surface area contributed by atoms with Crippen LogP contribution in [0.25, 0.3) is 0 Å². The minimum atomic E-state index is -1.83. The van der Waals surface area contributed by atoms with Crippen molar-refractivity contribution in [1.82, 2.24) is 0 Å². The molecule has 0 radical (unpaired) electrons. The van der Waals surface area contributed by atoms with E-state index in [1.165, 1.54) is 0 Å². The largest absolute Gasteiger partial charge is 0.543 e. The Morgan fingerprint density at radius 3 is 2.33 bits per heavy atom. The van der Waals surface area contributed by atoms with Crippen LogP contribution in [-0.2, 0) is 11.9 Å². The Hall–Kier alpha value is -0.323. The summed E-state index contributed by atoms with van der Waals surface area (Å²) in [5.74, 6) is 0.907. The highest BCUT2D eigenvalue weighted by molar-refractivity contribution is 9.08. The van der Waals surface area contributed by atoms with Crippen LogP contribution in [-0.4, -0.2) is 13.4 Å². The summed E-state index contributed by atoms with van der Waals surface area (Å²) in [6.45, 7) is 11.2. The first kappa shape index (κ1) is 15.7. The minimum Gasteiger partial charge on any atom is -0.543 e. The van der Waals surface area contributed by atoms with Crippen LogP contribution in [0.2, 0.25) is 18.1 Å². The van der Waals surface area contributed by atoms with E-state index in [0.717, 1.165) is 22.2 Å². The molecule has 0 aliphatic heterocycles. The number of hydrogen-bond donors (Lipinski definition) is 1. The number of alkyl halides is 1. The van der Waals surface area contributed by atoms with Gasteiger partial charge in [-0.15, -0.1) is 0 Å². The lowest BCUT2D eigenvalue weighted by molar-refractivity contribution is 0.281. The first-order chi connectivity index (χ1) is 8.21. The third-order valence-electron chi connectivity index (χ3n) is 3.63. The van der Waals surface area contributed by atoms with Gasteiger partial charge in [0.1, 0.15) is 5.75 Å². The Morgan fingerprint density at radius 2 is 1.89 bits per heavy atom. The summed E-state index contributed by atoms with van der Waals surface area (Å²) in [4.78, 5) is 0. The van der Waals surface area contributed by atoms with Crippen LogP contribution in [0.3, 0.4) is 0 Å². The molecule has 0 bridgehead atoms. The van der Waals surface area contributed by atoms with E-state index in [2.05, 4.69) is 49.8 Å². The molecule has 0 spiro atoms. The zero-order chi connectivity index (χ0) is 14.0. The second-order valence-electron chi connectivity index (χ2n) is 6.10. The average Bonchev–Trinajstić information content (AvgIpc) is 2.26. The van der Waals surface area contributed by atoms with Gasteiger partial charge in [-0.2, -0.15) is 0 Å². The molecule has 0 amide bonds. The van der Waals surface area contributed by atoms with Crippen LogP contribution < -0.4 is 4.43 Å². The van der Waals surface area contributed by atoms with Gasteiger partial charge in [0.05, 0.1) is 6.61 Å². The van der Waals surface area contributed by atoms with Crippen LogP contribution in [0.4, 0.5) is 0 Å². The fourth-order valence-electron chi connectivity index (χ4n) is 1.33. The van der Waals surface area contributed by atoms with Crippen LogP contribution in [0.5, 0.6) is 5.75 Å². The molecule has 1 rings (SSSR count). The SMILES string of the molecule is CC(C)(C)[Si](C)(C)Oc1cc(CO)ccc1CBr. The zero-order valence-electron chi connectivity index (χ0n) is 11.9. The molecule has 0 saturated carbocycles. The minimum absolute atomic E-state index is 0.0520. The average molecular weight is 331 g/mol. The summed E-state index contributed by atoms with van der Waals surface area (Å²) >= 11 is 3.49. The number of hydrogen-bond acceptors (Lipinski definition) is 2. The van der Waals surface area contributed by atoms with Crippen molar-refractivity contribution in [3.63, 3.8) is 0 Å². The van der Waals surface area contributed by atoms with E-state index < -0.39 is 8.32 Å². The van der Waals surface area contributed by atoms with E-state index >= 15 is 0 Å². The summed E-state index contributed by atoms with van der Waals surface area (Å²) < 4.78 is 6.33. The molecule has 0 aliphatic rings. The normalized spacial score (nSPS) is 12.6. The smallest absolute Gasteiger partial charge is 0.250 e. The molecule has 102 valence electrons. The quantitative estimate of drug-likeness (QED) is 0.652. The van der Waals surface area contributed by atoms with E-state index in [0.29, 0.717) is 0 Å². The maximum atomic E-state index is 9.23. The van der Waals surface area contributed by atoms with Gasteiger partial charge in [0, 0.05) is 10.9 Å². The van der Waals surface area contributed by atoms with Gasteiger partial charge in [-0.1, -0.05) is 48.8 Å². The van der Waals surface area contributed by atoms with Gasteiger partial charge < -0.3 is 9.53 Å².